The average molecular weight is 224 g/mol. The van der Waals surface area contributed by atoms with Gasteiger partial charge in [-0.1, -0.05) is 0 Å². The summed E-state index contributed by atoms with van der Waals surface area (Å²) in [4.78, 5) is 17.3. The average Bonchev–Trinajstić information content (AvgIpc) is 2.78. The van der Waals surface area contributed by atoms with E-state index in [9.17, 15) is 4.79 Å². The summed E-state index contributed by atoms with van der Waals surface area (Å²) >= 11 is 0. The lowest BCUT2D eigenvalue weighted by atomic mass is 10.2. The molecular weight excluding hydrogens is 204 g/mol. The van der Waals surface area contributed by atoms with Crippen LogP contribution in [0.4, 0.5) is 0 Å². The fourth-order valence-corrected chi connectivity index (χ4v) is 1.48. The van der Waals surface area contributed by atoms with Gasteiger partial charge < -0.3 is 15.2 Å². The van der Waals surface area contributed by atoms with Gasteiger partial charge in [-0.3, -0.25) is 4.79 Å². The number of nitrogens with zero attached hydrogens (tertiary/aromatic N) is 3. The van der Waals surface area contributed by atoms with Gasteiger partial charge in [-0.15, -0.1) is 0 Å². The van der Waals surface area contributed by atoms with E-state index in [-0.39, 0.29) is 5.91 Å². The molecule has 0 saturated heterocycles. The molecule has 0 spiro atoms. The summed E-state index contributed by atoms with van der Waals surface area (Å²) in [5, 5.41) is 0. The van der Waals surface area contributed by atoms with E-state index in [1.165, 1.54) is 0 Å². The van der Waals surface area contributed by atoms with Crippen molar-refractivity contribution < 1.29 is 4.79 Å². The first kappa shape index (κ1) is 12.7. The second-order valence-corrected chi connectivity index (χ2v) is 3.86. The molecule has 1 aromatic rings. The summed E-state index contributed by atoms with van der Waals surface area (Å²) in [5.41, 5.74) is 5.39. The van der Waals surface area contributed by atoms with Crippen LogP contribution in [0.5, 0.6) is 0 Å². The second kappa shape index (κ2) is 7.00. The van der Waals surface area contributed by atoms with Crippen molar-refractivity contribution >= 4 is 5.91 Å². The normalized spacial score (nSPS) is 10.4. The number of carbonyl (C=O) groups excluding carboxylic acids is 1. The van der Waals surface area contributed by atoms with E-state index < -0.39 is 0 Å². The molecule has 0 fully saturated rings. The van der Waals surface area contributed by atoms with Crippen LogP contribution >= 0.6 is 0 Å². The van der Waals surface area contributed by atoms with Gasteiger partial charge in [0.2, 0.25) is 5.91 Å². The standard InChI is InChI=1S/C11H20N4O/c1-14(7-3-5-12)11(16)4-2-8-15-9-6-13-10-15/h6,9-10H,2-5,7-8,12H2,1H3. The molecule has 0 aromatic carbocycles. The maximum atomic E-state index is 11.6. The molecule has 90 valence electrons. The Kier molecular flexibility index (Phi) is 5.56. The number of nitrogens with two attached hydrogens (primary N) is 1. The maximum Gasteiger partial charge on any atom is 0.222 e. The lowest BCUT2D eigenvalue weighted by molar-refractivity contribution is -0.130. The smallest absolute Gasteiger partial charge is 0.222 e. The minimum absolute atomic E-state index is 0.188. The zero-order chi connectivity index (χ0) is 11.8. The van der Waals surface area contributed by atoms with Crippen molar-refractivity contribution in [2.75, 3.05) is 20.1 Å². The van der Waals surface area contributed by atoms with E-state index in [4.69, 9.17) is 5.73 Å². The minimum Gasteiger partial charge on any atom is -0.346 e. The van der Waals surface area contributed by atoms with Crippen LogP contribution in [-0.4, -0.2) is 40.5 Å². The third-order valence-electron chi connectivity index (χ3n) is 2.49. The molecule has 16 heavy (non-hydrogen) atoms. The molecular formula is C11H20N4O. The molecule has 0 saturated carbocycles. The van der Waals surface area contributed by atoms with Crippen molar-refractivity contribution in [3.8, 4) is 0 Å². The molecule has 0 atom stereocenters. The molecule has 2 N–H and O–H groups in total. The predicted octanol–water partition coefficient (Wildman–Crippen LogP) is 0.471. The Bertz CT molecular complexity index is 297. The number of amides is 1. The van der Waals surface area contributed by atoms with Crippen LogP contribution in [0.25, 0.3) is 0 Å². The van der Waals surface area contributed by atoms with Crippen LogP contribution in [0.3, 0.4) is 0 Å². The summed E-state index contributed by atoms with van der Waals surface area (Å²) in [6, 6.07) is 0. The van der Waals surface area contributed by atoms with E-state index >= 15 is 0 Å². The van der Waals surface area contributed by atoms with Crippen LogP contribution in [0.2, 0.25) is 0 Å². The highest BCUT2D eigenvalue weighted by Gasteiger charge is 2.07. The molecule has 5 heteroatoms. The number of aromatic nitrogens is 2. The number of hydrogen-bond acceptors (Lipinski definition) is 3. The van der Waals surface area contributed by atoms with Gasteiger partial charge in [-0.05, 0) is 19.4 Å². The number of imidazole rings is 1. The topological polar surface area (TPSA) is 64.2 Å². The van der Waals surface area contributed by atoms with Gasteiger partial charge in [-0.25, -0.2) is 4.98 Å². The Morgan fingerprint density at radius 2 is 2.31 bits per heavy atom. The van der Waals surface area contributed by atoms with Crippen LogP contribution in [0.15, 0.2) is 18.7 Å². The summed E-state index contributed by atoms with van der Waals surface area (Å²) in [7, 11) is 1.83. The number of rotatable bonds is 7. The predicted molar refractivity (Wildman–Crippen MR) is 62.8 cm³/mol. The lowest BCUT2D eigenvalue weighted by Gasteiger charge is -2.16. The van der Waals surface area contributed by atoms with Crippen molar-refractivity contribution in [1.82, 2.24) is 14.5 Å². The van der Waals surface area contributed by atoms with Gasteiger partial charge in [0.25, 0.3) is 0 Å². The molecule has 0 bridgehead atoms. The fourth-order valence-electron chi connectivity index (χ4n) is 1.48. The Morgan fingerprint density at radius 3 is 2.94 bits per heavy atom. The van der Waals surface area contributed by atoms with E-state index in [0.717, 1.165) is 25.9 Å². The Morgan fingerprint density at radius 1 is 1.50 bits per heavy atom. The third-order valence-corrected chi connectivity index (χ3v) is 2.49. The molecule has 1 heterocycles. The molecule has 0 aliphatic heterocycles. The molecule has 0 unspecified atom stereocenters. The highest BCUT2D eigenvalue weighted by molar-refractivity contribution is 5.75. The van der Waals surface area contributed by atoms with Gasteiger partial charge >= 0.3 is 0 Å². The summed E-state index contributed by atoms with van der Waals surface area (Å²) in [6.45, 7) is 2.23. The Labute approximate surface area is 96.3 Å². The first-order valence-electron chi connectivity index (χ1n) is 5.64. The molecule has 0 radical (unpaired) electrons. The molecule has 1 rings (SSSR count). The SMILES string of the molecule is CN(CCCN)C(=O)CCCn1ccnc1. The Hall–Kier alpha value is -1.36. The molecule has 1 aromatic heterocycles. The first-order chi connectivity index (χ1) is 7.74. The van der Waals surface area contributed by atoms with Gasteiger partial charge in [0, 0.05) is 39.0 Å². The van der Waals surface area contributed by atoms with Gasteiger partial charge in [0.05, 0.1) is 6.33 Å². The van der Waals surface area contributed by atoms with Gasteiger partial charge in [-0.2, -0.15) is 0 Å². The number of aryl methyl sites for hydroxylation is 1. The van der Waals surface area contributed by atoms with Gasteiger partial charge in [0.15, 0.2) is 0 Å². The maximum absolute atomic E-state index is 11.6. The van der Waals surface area contributed by atoms with Crippen molar-refractivity contribution in [2.24, 2.45) is 5.73 Å². The van der Waals surface area contributed by atoms with E-state index in [0.29, 0.717) is 13.0 Å². The zero-order valence-corrected chi connectivity index (χ0v) is 9.80. The van der Waals surface area contributed by atoms with E-state index in [1.807, 2.05) is 17.8 Å². The first-order valence-corrected chi connectivity index (χ1v) is 5.64. The highest BCUT2D eigenvalue weighted by atomic mass is 16.2. The van der Waals surface area contributed by atoms with Crippen molar-refractivity contribution in [3.05, 3.63) is 18.7 Å². The molecule has 1 amide bonds. The quantitative estimate of drug-likeness (QED) is 0.732. The lowest BCUT2D eigenvalue weighted by Crippen LogP contribution is -2.28. The summed E-state index contributed by atoms with van der Waals surface area (Å²) < 4.78 is 1.98. The van der Waals surface area contributed by atoms with Crippen LogP contribution < -0.4 is 5.73 Å². The van der Waals surface area contributed by atoms with Crippen molar-refractivity contribution in [3.63, 3.8) is 0 Å². The molecule has 0 aliphatic rings. The van der Waals surface area contributed by atoms with Crippen molar-refractivity contribution in [1.29, 1.82) is 0 Å². The van der Waals surface area contributed by atoms with Crippen LogP contribution in [0, 0.1) is 0 Å². The van der Waals surface area contributed by atoms with Crippen LogP contribution in [-0.2, 0) is 11.3 Å². The van der Waals surface area contributed by atoms with Gasteiger partial charge in [0.1, 0.15) is 0 Å². The monoisotopic (exact) mass is 224 g/mol. The van der Waals surface area contributed by atoms with E-state index in [1.54, 1.807) is 17.4 Å². The van der Waals surface area contributed by atoms with E-state index in [2.05, 4.69) is 4.98 Å². The van der Waals surface area contributed by atoms with Crippen molar-refractivity contribution in [2.45, 2.75) is 25.8 Å². The summed E-state index contributed by atoms with van der Waals surface area (Å²) in [5.74, 6) is 0.188. The zero-order valence-electron chi connectivity index (χ0n) is 9.80. The molecule has 5 nitrogen and oxygen atoms in total. The number of carbonyl (C=O) groups is 1. The second-order valence-electron chi connectivity index (χ2n) is 3.86. The van der Waals surface area contributed by atoms with Crippen LogP contribution in [0.1, 0.15) is 19.3 Å². The highest BCUT2D eigenvalue weighted by Crippen LogP contribution is 1.99. The Balaban J connectivity index is 2.14. The largest absolute Gasteiger partial charge is 0.346 e. The third kappa shape index (κ3) is 4.44. The summed E-state index contributed by atoms with van der Waals surface area (Å²) in [6.07, 6.45) is 7.71. The minimum atomic E-state index is 0.188. The fraction of sp³-hybridized carbons (Fsp3) is 0.636. The number of hydrogen-bond donors (Lipinski definition) is 1. The molecule has 0 aliphatic carbocycles.